The van der Waals surface area contributed by atoms with E-state index in [4.69, 9.17) is 26.2 Å². The van der Waals surface area contributed by atoms with Crippen LogP contribution in [-0.4, -0.2) is 58.1 Å². The molecule has 0 saturated carbocycles. The van der Waals surface area contributed by atoms with Gasteiger partial charge in [-0.1, -0.05) is 23.7 Å². The van der Waals surface area contributed by atoms with Gasteiger partial charge < -0.3 is 29.9 Å². The van der Waals surface area contributed by atoms with Gasteiger partial charge in [0.2, 0.25) is 0 Å². The largest absolute Gasteiger partial charge is 0.394 e. The van der Waals surface area contributed by atoms with Crippen LogP contribution in [0.1, 0.15) is 11.9 Å². The summed E-state index contributed by atoms with van der Waals surface area (Å²) in [5, 5.41) is 38.8. The van der Waals surface area contributed by atoms with E-state index in [1.165, 1.54) is 0 Å². The van der Waals surface area contributed by atoms with Crippen molar-refractivity contribution >= 4 is 11.6 Å². The fourth-order valence-corrected chi connectivity index (χ4v) is 2.21. The Bertz CT molecular complexity index is 443. The lowest BCUT2D eigenvalue weighted by Crippen LogP contribution is -2.47. The number of halogens is 1. The molecule has 1 aliphatic heterocycles. The summed E-state index contributed by atoms with van der Waals surface area (Å²) in [5.74, 6) is 0. The highest BCUT2D eigenvalue weighted by atomic mass is 35.5. The van der Waals surface area contributed by atoms with Crippen molar-refractivity contribution in [2.24, 2.45) is 0 Å². The lowest BCUT2D eigenvalue weighted by molar-refractivity contribution is -0.199. The van der Waals surface area contributed by atoms with Crippen LogP contribution in [0, 0.1) is 0 Å². The van der Waals surface area contributed by atoms with Crippen molar-refractivity contribution in [2.75, 3.05) is 13.2 Å². The molecular formula is C13H17ClO6. The van der Waals surface area contributed by atoms with Gasteiger partial charge in [-0.15, -0.1) is 0 Å². The molecule has 5 atom stereocenters. The molecule has 6 nitrogen and oxygen atoms in total. The predicted octanol–water partition coefficient (Wildman–Crippen LogP) is -0.171. The van der Waals surface area contributed by atoms with E-state index >= 15 is 0 Å². The van der Waals surface area contributed by atoms with Gasteiger partial charge in [0.1, 0.15) is 24.4 Å². The Morgan fingerprint density at radius 3 is 2.75 bits per heavy atom. The monoisotopic (exact) mass is 304 g/mol. The molecular weight excluding hydrogens is 288 g/mol. The summed E-state index contributed by atoms with van der Waals surface area (Å²) in [6.07, 6.45) is -5.97. The van der Waals surface area contributed by atoms with Gasteiger partial charge in [0.25, 0.3) is 0 Å². The molecule has 1 aromatic carbocycles. The summed E-state index contributed by atoms with van der Waals surface area (Å²) in [6.45, 7) is -0.760. The summed E-state index contributed by atoms with van der Waals surface area (Å²) in [6, 6.07) is 6.73. The highest BCUT2D eigenvalue weighted by Gasteiger charge is 2.38. The van der Waals surface area contributed by atoms with Crippen LogP contribution in [0.4, 0.5) is 0 Å². The van der Waals surface area contributed by atoms with E-state index in [0.717, 1.165) is 0 Å². The minimum Gasteiger partial charge on any atom is -0.394 e. The van der Waals surface area contributed by atoms with Crippen LogP contribution >= 0.6 is 11.6 Å². The molecule has 112 valence electrons. The molecule has 1 aromatic rings. The van der Waals surface area contributed by atoms with Gasteiger partial charge in [-0.2, -0.15) is 0 Å². The molecule has 0 radical (unpaired) electrons. The fourth-order valence-electron chi connectivity index (χ4n) is 2.02. The second-order valence-corrected chi connectivity index (χ2v) is 5.07. The van der Waals surface area contributed by atoms with E-state index in [0.29, 0.717) is 10.6 Å². The van der Waals surface area contributed by atoms with E-state index in [1.807, 2.05) is 0 Å². The average molecular weight is 305 g/mol. The Morgan fingerprint density at radius 2 is 2.10 bits per heavy atom. The first kappa shape index (κ1) is 15.7. The van der Waals surface area contributed by atoms with Crippen LogP contribution in [0.3, 0.4) is 0 Å². The number of aliphatic hydroxyl groups excluding tert-OH is 4. The lowest BCUT2D eigenvalue weighted by Gasteiger charge is -2.27. The summed E-state index contributed by atoms with van der Waals surface area (Å²) in [4.78, 5) is 0. The van der Waals surface area contributed by atoms with Crippen LogP contribution in [0.25, 0.3) is 0 Å². The first-order chi connectivity index (χ1) is 9.52. The van der Waals surface area contributed by atoms with Gasteiger partial charge in [0.05, 0.1) is 13.2 Å². The zero-order chi connectivity index (χ0) is 14.7. The maximum absolute atomic E-state index is 9.89. The molecule has 4 N–H and O–H groups in total. The minimum atomic E-state index is -1.36. The Morgan fingerprint density at radius 1 is 1.35 bits per heavy atom. The van der Waals surface area contributed by atoms with Crippen molar-refractivity contribution in [3.8, 4) is 0 Å². The maximum Gasteiger partial charge on any atom is 0.184 e. The van der Waals surface area contributed by atoms with Crippen LogP contribution in [0.15, 0.2) is 24.3 Å². The van der Waals surface area contributed by atoms with E-state index < -0.39 is 37.3 Å². The molecule has 1 saturated heterocycles. The number of hydrogen-bond donors (Lipinski definition) is 4. The van der Waals surface area contributed by atoms with Crippen molar-refractivity contribution in [2.45, 2.75) is 30.7 Å². The second-order valence-electron chi connectivity index (χ2n) is 4.63. The highest BCUT2D eigenvalue weighted by Crippen LogP contribution is 2.28. The summed E-state index contributed by atoms with van der Waals surface area (Å²) >= 11 is 5.89. The van der Waals surface area contributed by atoms with Crippen molar-refractivity contribution < 1.29 is 29.9 Å². The van der Waals surface area contributed by atoms with E-state index in [9.17, 15) is 15.3 Å². The van der Waals surface area contributed by atoms with E-state index in [2.05, 4.69) is 0 Å². The first-order valence-electron chi connectivity index (χ1n) is 6.20. The number of aliphatic hydroxyl groups is 4. The van der Waals surface area contributed by atoms with Crippen molar-refractivity contribution in [1.29, 1.82) is 0 Å². The molecule has 20 heavy (non-hydrogen) atoms. The smallest absolute Gasteiger partial charge is 0.184 e. The number of ether oxygens (including phenoxy) is 2. The predicted molar refractivity (Wildman–Crippen MR) is 70.1 cm³/mol. The lowest BCUT2D eigenvalue weighted by atomic mass is 10.0. The molecule has 1 fully saturated rings. The SMILES string of the molecule is OC[C@@H](O)[C@H]1OC(c2cccc(Cl)c2)OC[C@H](O)[C@H]1O. The van der Waals surface area contributed by atoms with Crippen LogP contribution in [0.2, 0.25) is 5.02 Å². The van der Waals surface area contributed by atoms with Crippen LogP contribution in [0.5, 0.6) is 0 Å². The third-order valence-corrected chi connectivity index (χ3v) is 3.35. The molecule has 1 aliphatic rings. The minimum absolute atomic E-state index is 0.160. The van der Waals surface area contributed by atoms with Gasteiger partial charge in [0.15, 0.2) is 6.29 Å². The molecule has 0 spiro atoms. The summed E-state index contributed by atoms with van der Waals surface area (Å²) in [5.41, 5.74) is 0.592. The third kappa shape index (κ3) is 3.48. The van der Waals surface area contributed by atoms with Crippen LogP contribution < -0.4 is 0 Å². The molecule has 2 rings (SSSR count). The van der Waals surface area contributed by atoms with Gasteiger partial charge in [-0.25, -0.2) is 0 Å². The molecule has 0 aromatic heterocycles. The van der Waals surface area contributed by atoms with Crippen LogP contribution in [-0.2, 0) is 9.47 Å². The van der Waals surface area contributed by atoms with Crippen molar-refractivity contribution in [3.05, 3.63) is 34.9 Å². The van der Waals surface area contributed by atoms with Crippen molar-refractivity contribution in [3.63, 3.8) is 0 Å². The molecule has 1 unspecified atom stereocenters. The Labute approximate surface area is 121 Å². The molecule has 0 bridgehead atoms. The first-order valence-corrected chi connectivity index (χ1v) is 6.58. The van der Waals surface area contributed by atoms with Gasteiger partial charge >= 0.3 is 0 Å². The molecule has 0 amide bonds. The normalized spacial score (nSPS) is 32.6. The molecule has 0 aliphatic carbocycles. The highest BCUT2D eigenvalue weighted by molar-refractivity contribution is 6.30. The Hall–Kier alpha value is -0.730. The van der Waals surface area contributed by atoms with E-state index in [1.54, 1.807) is 24.3 Å². The van der Waals surface area contributed by atoms with Gasteiger partial charge in [-0.05, 0) is 12.1 Å². The van der Waals surface area contributed by atoms with E-state index in [-0.39, 0.29) is 6.61 Å². The number of rotatable bonds is 3. The Balaban J connectivity index is 2.22. The van der Waals surface area contributed by atoms with Gasteiger partial charge in [0, 0.05) is 10.6 Å². The summed E-state index contributed by atoms with van der Waals surface area (Å²) in [7, 11) is 0. The van der Waals surface area contributed by atoms with Crippen molar-refractivity contribution in [1.82, 2.24) is 0 Å². The second kappa shape index (κ2) is 6.82. The molecule has 7 heteroatoms. The summed E-state index contributed by atoms with van der Waals surface area (Å²) < 4.78 is 10.9. The topological polar surface area (TPSA) is 99.4 Å². The van der Waals surface area contributed by atoms with Gasteiger partial charge in [-0.3, -0.25) is 0 Å². The zero-order valence-corrected chi connectivity index (χ0v) is 11.3. The number of benzene rings is 1. The third-order valence-electron chi connectivity index (χ3n) is 3.12. The Kier molecular flexibility index (Phi) is 5.34. The zero-order valence-electron chi connectivity index (χ0n) is 10.6. The molecule has 1 heterocycles. The number of hydrogen-bond acceptors (Lipinski definition) is 6. The maximum atomic E-state index is 9.89. The average Bonchev–Trinajstić information content (AvgIpc) is 2.59. The quantitative estimate of drug-likeness (QED) is 0.619. The standard InChI is InChI=1S/C13H17ClO6/c14-8-3-1-2-7(4-8)13-19-6-10(17)11(18)12(20-13)9(16)5-15/h1-4,9-13,15-18H,5-6H2/t9-,10+,11-,12-,13?/m1/s1. The fraction of sp³-hybridized carbons (Fsp3) is 0.538.